The zero-order valence-corrected chi connectivity index (χ0v) is 18.8. The zero-order chi connectivity index (χ0) is 24.0. The fourth-order valence-electron chi connectivity index (χ4n) is 3.64. The number of amidine groups is 1. The number of aromatic amines is 1. The summed E-state index contributed by atoms with van der Waals surface area (Å²) in [7, 11) is 0. The van der Waals surface area contributed by atoms with Crippen molar-refractivity contribution in [1.29, 1.82) is 5.26 Å². The van der Waals surface area contributed by atoms with Crippen molar-refractivity contribution in [3.8, 4) is 6.07 Å². The van der Waals surface area contributed by atoms with E-state index in [0.717, 1.165) is 19.8 Å². The molecule has 1 fully saturated rings. The summed E-state index contributed by atoms with van der Waals surface area (Å²) >= 11 is 0. The van der Waals surface area contributed by atoms with E-state index in [2.05, 4.69) is 21.4 Å². The Morgan fingerprint density at radius 2 is 2.06 bits per heavy atom. The van der Waals surface area contributed by atoms with Gasteiger partial charge in [0.25, 0.3) is 11.5 Å². The molecule has 3 rings (SSSR count). The number of nitrogens with two attached hydrogens (primary N) is 1. The van der Waals surface area contributed by atoms with Gasteiger partial charge in [-0.15, -0.1) is 0 Å². The maximum Gasteiger partial charge on any atom is 0.264 e. The molecule has 2 unspecified atom stereocenters. The quantitative estimate of drug-likeness (QED) is 0.269. The van der Waals surface area contributed by atoms with E-state index in [4.69, 9.17) is 10.5 Å². The Hall–Kier alpha value is -3.09. The van der Waals surface area contributed by atoms with Gasteiger partial charge in [-0.2, -0.15) is 5.26 Å². The monoisotopic (exact) mass is 457 g/mol. The number of nitriles is 1. The van der Waals surface area contributed by atoms with Crippen molar-refractivity contribution in [3.05, 3.63) is 63.6 Å². The van der Waals surface area contributed by atoms with Crippen molar-refractivity contribution >= 4 is 11.5 Å². The summed E-state index contributed by atoms with van der Waals surface area (Å²) in [6, 6.07) is 9.20. The average Bonchev–Trinajstić information content (AvgIpc) is 3.59. The third-order valence-electron chi connectivity index (χ3n) is 5.50. The predicted octanol–water partition coefficient (Wildman–Crippen LogP) is 3.89. The van der Waals surface area contributed by atoms with Gasteiger partial charge in [0.1, 0.15) is 5.84 Å². The smallest absolute Gasteiger partial charge is 0.264 e. The van der Waals surface area contributed by atoms with Gasteiger partial charge in [0.05, 0.1) is 29.3 Å². The highest BCUT2D eigenvalue weighted by Crippen LogP contribution is 2.35. The number of hydrogen-bond donors (Lipinski definition) is 3. The summed E-state index contributed by atoms with van der Waals surface area (Å²) in [5.41, 5.74) is 7.18. The number of benzene rings is 1. The number of ether oxygens (including phenoxy) is 1. The standard InChI is InChI=1S/C24H29F2N5O2/c1-3-33-13-11-16(14-27)19-10-12-29-23(32)20(19)22(28)31-18-6-4-15(5-7-18)21(24(2,25)26)30-17-8-9-17/h4-7,10,12,16-17,21,30H,3,8-9,11,13H2,1-2H3,(H2,28,31)(H,29,32). The summed E-state index contributed by atoms with van der Waals surface area (Å²) in [5.74, 6) is -3.57. The van der Waals surface area contributed by atoms with Crippen LogP contribution < -0.4 is 16.6 Å². The van der Waals surface area contributed by atoms with Crippen LogP contribution in [0.25, 0.3) is 0 Å². The Morgan fingerprint density at radius 3 is 2.64 bits per heavy atom. The molecule has 0 radical (unpaired) electrons. The van der Waals surface area contributed by atoms with E-state index in [0.29, 0.717) is 36.4 Å². The summed E-state index contributed by atoms with van der Waals surface area (Å²) in [4.78, 5) is 19.4. The lowest BCUT2D eigenvalue weighted by Gasteiger charge is -2.25. The van der Waals surface area contributed by atoms with Gasteiger partial charge in [0.15, 0.2) is 0 Å². The number of alkyl halides is 2. The molecule has 1 heterocycles. The molecule has 0 saturated heterocycles. The Bertz CT molecular complexity index is 1070. The third-order valence-corrected chi connectivity index (χ3v) is 5.50. The van der Waals surface area contributed by atoms with Crippen LogP contribution in [0.15, 0.2) is 46.3 Å². The first kappa shape index (κ1) is 24.6. The van der Waals surface area contributed by atoms with Gasteiger partial charge < -0.3 is 20.8 Å². The van der Waals surface area contributed by atoms with Crippen molar-refractivity contribution in [3.63, 3.8) is 0 Å². The van der Waals surface area contributed by atoms with E-state index in [1.165, 1.54) is 6.20 Å². The number of aromatic nitrogens is 1. The van der Waals surface area contributed by atoms with Crippen LogP contribution in [0.3, 0.4) is 0 Å². The molecular formula is C24H29F2N5O2. The predicted molar refractivity (Wildman–Crippen MR) is 123 cm³/mol. The Balaban J connectivity index is 1.87. The third kappa shape index (κ3) is 6.46. The maximum atomic E-state index is 14.1. The molecule has 0 bridgehead atoms. The molecule has 0 aliphatic heterocycles. The lowest BCUT2D eigenvalue weighted by molar-refractivity contribution is -0.0202. The molecule has 7 nitrogen and oxygen atoms in total. The Morgan fingerprint density at radius 1 is 1.36 bits per heavy atom. The summed E-state index contributed by atoms with van der Waals surface area (Å²) < 4.78 is 33.6. The van der Waals surface area contributed by atoms with Gasteiger partial charge in [-0.05, 0) is 55.5 Å². The van der Waals surface area contributed by atoms with E-state index in [1.54, 1.807) is 30.3 Å². The molecule has 176 valence electrons. The fourth-order valence-corrected chi connectivity index (χ4v) is 3.64. The number of hydrogen-bond acceptors (Lipinski definition) is 5. The van der Waals surface area contributed by atoms with Gasteiger partial charge in [0.2, 0.25) is 0 Å². The molecule has 1 aliphatic rings. The molecule has 0 spiro atoms. The number of halogens is 2. The fraction of sp³-hybridized carbons (Fsp3) is 0.458. The van der Waals surface area contributed by atoms with Gasteiger partial charge in [0, 0.05) is 32.4 Å². The first-order chi connectivity index (χ1) is 15.7. The highest BCUT2D eigenvalue weighted by molar-refractivity contribution is 6.00. The van der Waals surface area contributed by atoms with E-state index in [1.807, 2.05) is 6.92 Å². The van der Waals surface area contributed by atoms with Crippen LogP contribution in [-0.4, -0.2) is 36.0 Å². The van der Waals surface area contributed by atoms with E-state index in [-0.39, 0.29) is 17.4 Å². The summed E-state index contributed by atoms with van der Waals surface area (Å²) in [6.45, 7) is 3.66. The van der Waals surface area contributed by atoms with Gasteiger partial charge in [-0.1, -0.05) is 12.1 Å². The minimum atomic E-state index is -2.92. The van der Waals surface area contributed by atoms with E-state index in [9.17, 15) is 18.8 Å². The van der Waals surface area contributed by atoms with Gasteiger partial charge in [-0.3, -0.25) is 4.79 Å². The molecule has 2 aromatic rings. The molecule has 33 heavy (non-hydrogen) atoms. The lowest BCUT2D eigenvalue weighted by atomic mass is 9.93. The highest BCUT2D eigenvalue weighted by atomic mass is 19.3. The van der Waals surface area contributed by atoms with Crippen LogP contribution in [0.1, 0.15) is 61.8 Å². The Labute approximate surface area is 191 Å². The van der Waals surface area contributed by atoms with Gasteiger partial charge in [-0.25, -0.2) is 13.8 Å². The number of pyridine rings is 1. The first-order valence-corrected chi connectivity index (χ1v) is 11.0. The molecule has 1 saturated carbocycles. The number of nitrogens with zero attached hydrogens (tertiary/aromatic N) is 2. The second-order valence-electron chi connectivity index (χ2n) is 8.22. The largest absolute Gasteiger partial charge is 0.383 e. The average molecular weight is 458 g/mol. The normalized spacial score (nSPS) is 16.3. The van der Waals surface area contributed by atoms with Crippen LogP contribution in [0.4, 0.5) is 14.5 Å². The molecule has 2 atom stereocenters. The summed E-state index contributed by atoms with van der Waals surface area (Å²) in [6.07, 6.45) is 3.66. The van der Waals surface area contributed by atoms with Gasteiger partial charge >= 0.3 is 0 Å². The van der Waals surface area contributed by atoms with Crippen LogP contribution in [0.5, 0.6) is 0 Å². The number of nitrogens with one attached hydrogen (secondary N) is 2. The van der Waals surface area contributed by atoms with Crippen molar-refractivity contribution < 1.29 is 13.5 Å². The molecule has 4 N–H and O–H groups in total. The first-order valence-electron chi connectivity index (χ1n) is 11.0. The maximum absolute atomic E-state index is 14.1. The minimum Gasteiger partial charge on any atom is -0.383 e. The van der Waals surface area contributed by atoms with E-state index < -0.39 is 23.4 Å². The lowest BCUT2D eigenvalue weighted by Crippen LogP contribution is -2.36. The molecule has 1 aliphatic carbocycles. The van der Waals surface area contributed by atoms with Crippen molar-refractivity contribution in [1.82, 2.24) is 10.3 Å². The SMILES string of the molecule is CCOCCC(C#N)c1cc[nH]c(=O)c1C(N)=Nc1ccc(C(NC2CC2)C(C)(F)F)cc1. The van der Waals surface area contributed by atoms with Crippen LogP contribution in [0, 0.1) is 11.3 Å². The van der Waals surface area contributed by atoms with Crippen molar-refractivity contribution in [2.24, 2.45) is 10.7 Å². The summed E-state index contributed by atoms with van der Waals surface area (Å²) in [5, 5.41) is 12.6. The number of H-pyrrole nitrogens is 1. The Kier molecular flexibility index (Phi) is 7.95. The second kappa shape index (κ2) is 10.7. The molecule has 1 aromatic carbocycles. The van der Waals surface area contributed by atoms with Crippen LogP contribution in [0.2, 0.25) is 0 Å². The minimum absolute atomic E-state index is 0.0512. The van der Waals surface area contributed by atoms with Crippen molar-refractivity contribution in [2.75, 3.05) is 13.2 Å². The van der Waals surface area contributed by atoms with Crippen molar-refractivity contribution in [2.45, 2.75) is 57.0 Å². The highest BCUT2D eigenvalue weighted by Gasteiger charge is 2.38. The number of aliphatic imine (C=N–C) groups is 1. The van der Waals surface area contributed by atoms with Crippen LogP contribution >= 0.6 is 0 Å². The van der Waals surface area contributed by atoms with E-state index >= 15 is 0 Å². The van der Waals surface area contributed by atoms with Crippen LogP contribution in [-0.2, 0) is 4.74 Å². The molecule has 9 heteroatoms. The molecule has 0 amide bonds. The zero-order valence-electron chi connectivity index (χ0n) is 18.8. The number of rotatable bonds is 11. The molecular weight excluding hydrogens is 428 g/mol. The topological polar surface area (TPSA) is 116 Å². The molecule has 1 aromatic heterocycles. The second-order valence-corrected chi connectivity index (χ2v) is 8.22.